The Labute approximate surface area is 161 Å². The minimum absolute atomic E-state index is 0.409. The molecule has 0 atom stereocenters. The molecular formula is C22H19NO3S. The fraction of sp³-hybridized carbons (Fsp3) is 0.182. The van der Waals surface area contributed by atoms with E-state index in [1.165, 1.54) is 16.9 Å². The Kier molecular flexibility index (Phi) is 4.54. The Morgan fingerprint density at radius 1 is 1.15 bits per heavy atom. The van der Waals surface area contributed by atoms with Crippen molar-refractivity contribution in [2.45, 2.75) is 20.3 Å². The second-order valence-corrected chi connectivity index (χ2v) is 7.50. The Morgan fingerprint density at radius 2 is 1.93 bits per heavy atom. The fourth-order valence-corrected chi connectivity index (χ4v) is 4.04. The molecule has 2 aromatic heterocycles. The van der Waals surface area contributed by atoms with E-state index in [0.29, 0.717) is 21.9 Å². The minimum atomic E-state index is -0.409. The van der Waals surface area contributed by atoms with E-state index in [0.717, 1.165) is 27.9 Å². The van der Waals surface area contributed by atoms with Gasteiger partial charge >= 0.3 is 5.63 Å². The van der Waals surface area contributed by atoms with Crippen LogP contribution in [-0.2, 0) is 6.42 Å². The van der Waals surface area contributed by atoms with Gasteiger partial charge in [0.2, 0.25) is 0 Å². The fourth-order valence-electron chi connectivity index (χ4n) is 3.11. The molecule has 0 aliphatic heterocycles. The summed E-state index contributed by atoms with van der Waals surface area (Å²) in [7, 11) is 1.56. The van der Waals surface area contributed by atoms with Gasteiger partial charge < -0.3 is 9.15 Å². The summed E-state index contributed by atoms with van der Waals surface area (Å²) >= 11 is 1.50. The lowest BCUT2D eigenvalue weighted by atomic mass is 10.1. The number of fused-ring (bicyclic) bond motifs is 1. The normalized spacial score (nSPS) is 11.1. The van der Waals surface area contributed by atoms with Gasteiger partial charge in [-0.05, 0) is 31.0 Å². The molecule has 0 saturated heterocycles. The maximum atomic E-state index is 12.6. The number of ether oxygens (including phenoxy) is 1. The molecule has 0 N–H and O–H groups in total. The number of benzene rings is 2. The van der Waals surface area contributed by atoms with Crippen molar-refractivity contribution in [3.63, 3.8) is 0 Å². The van der Waals surface area contributed by atoms with Gasteiger partial charge in [-0.1, -0.05) is 43.3 Å². The summed E-state index contributed by atoms with van der Waals surface area (Å²) in [6, 6.07) is 15.8. The summed E-state index contributed by atoms with van der Waals surface area (Å²) in [5.41, 5.74) is 3.77. The molecule has 5 heteroatoms. The summed E-state index contributed by atoms with van der Waals surface area (Å²) in [5, 5.41) is 1.48. The van der Waals surface area contributed by atoms with Crippen LogP contribution in [0.1, 0.15) is 17.4 Å². The van der Waals surface area contributed by atoms with Gasteiger partial charge in [0.25, 0.3) is 0 Å². The molecule has 0 aliphatic rings. The molecule has 2 aromatic carbocycles. The Morgan fingerprint density at radius 3 is 2.63 bits per heavy atom. The topological polar surface area (TPSA) is 52.3 Å². The first-order valence-electron chi connectivity index (χ1n) is 8.78. The third-order valence-corrected chi connectivity index (χ3v) is 5.61. The van der Waals surface area contributed by atoms with E-state index >= 15 is 0 Å². The lowest BCUT2D eigenvalue weighted by Crippen LogP contribution is -2.03. The van der Waals surface area contributed by atoms with E-state index in [9.17, 15) is 4.79 Å². The molecule has 0 radical (unpaired) electrons. The highest BCUT2D eigenvalue weighted by atomic mass is 32.1. The molecule has 27 heavy (non-hydrogen) atoms. The summed E-state index contributed by atoms with van der Waals surface area (Å²) in [6.07, 6.45) is 1.00. The van der Waals surface area contributed by atoms with Gasteiger partial charge in [-0.2, -0.15) is 0 Å². The van der Waals surface area contributed by atoms with Crippen LogP contribution in [0.5, 0.6) is 5.75 Å². The van der Waals surface area contributed by atoms with Crippen molar-refractivity contribution in [3.8, 4) is 27.6 Å². The lowest BCUT2D eigenvalue weighted by molar-refractivity contribution is 0.407. The number of thiazole rings is 1. The zero-order chi connectivity index (χ0) is 19.0. The number of aromatic nitrogens is 1. The van der Waals surface area contributed by atoms with Gasteiger partial charge in [-0.15, -0.1) is 11.3 Å². The van der Waals surface area contributed by atoms with Crippen LogP contribution in [0.2, 0.25) is 0 Å². The van der Waals surface area contributed by atoms with Gasteiger partial charge in [-0.25, -0.2) is 9.78 Å². The molecule has 0 amide bonds. The highest BCUT2D eigenvalue weighted by Gasteiger charge is 2.16. The average Bonchev–Trinajstić information content (AvgIpc) is 3.08. The van der Waals surface area contributed by atoms with E-state index in [-0.39, 0.29) is 0 Å². The Balaban J connectivity index is 1.82. The van der Waals surface area contributed by atoms with Crippen molar-refractivity contribution in [2.75, 3.05) is 7.11 Å². The van der Waals surface area contributed by atoms with Crippen LogP contribution in [0.3, 0.4) is 0 Å². The van der Waals surface area contributed by atoms with Gasteiger partial charge in [0, 0.05) is 15.8 Å². The molecule has 136 valence electrons. The average molecular weight is 377 g/mol. The third kappa shape index (κ3) is 3.15. The quantitative estimate of drug-likeness (QED) is 0.443. The highest BCUT2D eigenvalue weighted by molar-refractivity contribution is 7.15. The van der Waals surface area contributed by atoms with Crippen LogP contribution in [0.25, 0.3) is 32.8 Å². The number of hydrogen-bond acceptors (Lipinski definition) is 5. The van der Waals surface area contributed by atoms with Crippen LogP contribution >= 0.6 is 11.3 Å². The second kappa shape index (κ2) is 7.00. The third-order valence-electron chi connectivity index (χ3n) is 4.61. The standard InChI is InChI=1S/C22H19NO3S/c1-4-14-8-10-15(11-9-14)19-13(2)27-21(23-19)17-12-16-6-5-7-18(25-3)20(16)26-22(17)24/h5-12H,4H2,1-3H3. The Hall–Kier alpha value is -2.92. The summed E-state index contributed by atoms with van der Waals surface area (Å²) in [5.74, 6) is 0.545. The van der Waals surface area contributed by atoms with Gasteiger partial charge in [-0.3, -0.25) is 0 Å². The minimum Gasteiger partial charge on any atom is -0.493 e. The van der Waals surface area contributed by atoms with Crippen molar-refractivity contribution in [1.82, 2.24) is 4.98 Å². The smallest absolute Gasteiger partial charge is 0.346 e. The molecule has 0 aliphatic carbocycles. The van der Waals surface area contributed by atoms with Crippen molar-refractivity contribution >= 4 is 22.3 Å². The van der Waals surface area contributed by atoms with Crippen molar-refractivity contribution in [3.05, 3.63) is 69.4 Å². The maximum Gasteiger partial charge on any atom is 0.346 e. The molecule has 0 fully saturated rings. The zero-order valence-corrected chi connectivity index (χ0v) is 16.2. The van der Waals surface area contributed by atoms with Crippen molar-refractivity contribution in [2.24, 2.45) is 0 Å². The van der Waals surface area contributed by atoms with E-state index < -0.39 is 5.63 Å². The van der Waals surface area contributed by atoms with Crippen LogP contribution in [0, 0.1) is 6.92 Å². The largest absolute Gasteiger partial charge is 0.493 e. The number of rotatable bonds is 4. The molecule has 2 heterocycles. The van der Waals surface area contributed by atoms with E-state index in [1.807, 2.05) is 25.1 Å². The number of aryl methyl sites for hydroxylation is 2. The SMILES string of the molecule is CCc1ccc(-c2nc(-c3cc4cccc(OC)c4oc3=O)sc2C)cc1. The first-order chi connectivity index (χ1) is 13.1. The predicted molar refractivity (Wildman–Crippen MR) is 110 cm³/mol. The second-order valence-electron chi connectivity index (χ2n) is 6.30. The first-order valence-corrected chi connectivity index (χ1v) is 9.60. The summed E-state index contributed by atoms with van der Waals surface area (Å²) in [4.78, 5) is 18.4. The predicted octanol–water partition coefficient (Wildman–Crippen LogP) is 5.46. The van der Waals surface area contributed by atoms with E-state index in [4.69, 9.17) is 14.1 Å². The molecular weight excluding hydrogens is 358 g/mol. The van der Waals surface area contributed by atoms with Crippen LogP contribution in [0.4, 0.5) is 0 Å². The molecule has 0 unspecified atom stereocenters. The summed E-state index contributed by atoms with van der Waals surface area (Å²) in [6.45, 7) is 4.16. The van der Waals surface area contributed by atoms with Crippen molar-refractivity contribution < 1.29 is 9.15 Å². The van der Waals surface area contributed by atoms with Crippen LogP contribution < -0.4 is 10.4 Å². The van der Waals surface area contributed by atoms with E-state index in [2.05, 4.69) is 31.2 Å². The molecule has 4 aromatic rings. The first kappa shape index (κ1) is 17.5. The van der Waals surface area contributed by atoms with Gasteiger partial charge in [0.05, 0.1) is 18.4 Å². The molecule has 4 nitrogen and oxygen atoms in total. The zero-order valence-electron chi connectivity index (χ0n) is 15.4. The maximum absolute atomic E-state index is 12.6. The molecule has 4 rings (SSSR count). The highest BCUT2D eigenvalue weighted by Crippen LogP contribution is 2.34. The number of para-hydroxylation sites is 1. The van der Waals surface area contributed by atoms with Gasteiger partial charge in [0.15, 0.2) is 11.3 Å². The van der Waals surface area contributed by atoms with E-state index in [1.54, 1.807) is 13.2 Å². The Bertz CT molecular complexity index is 1170. The lowest BCUT2D eigenvalue weighted by Gasteiger charge is -2.04. The monoisotopic (exact) mass is 377 g/mol. The number of methoxy groups -OCH3 is 1. The van der Waals surface area contributed by atoms with Crippen LogP contribution in [0.15, 0.2) is 57.7 Å². The van der Waals surface area contributed by atoms with Crippen molar-refractivity contribution in [1.29, 1.82) is 0 Å². The summed E-state index contributed by atoms with van der Waals surface area (Å²) < 4.78 is 10.8. The molecule has 0 bridgehead atoms. The molecule has 0 spiro atoms. The van der Waals surface area contributed by atoms with Gasteiger partial charge in [0.1, 0.15) is 5.01 Å². The number of nitrogens with zero attached hydrogens (tertiary/aromatic N) is 1. The number of hydrogen-bond donors (Lipinski definition) is 0. The molecule has 0 saturated carbocycles. The van der Waals surface area contributed by atoms with Crippen LogP contribution in [-0.4, -0.2) is 12.1 Å².